The van der Waals surface area contributed by atoms with Gasteiger partial charge in [0.2, 0.25) is 0 Å². The molecule has 4 nitrogen and oxygen atoms in total. The van der Waals surface area contributed by atoms with Gasteiger partial charge in [-0.25, -0.2) is 0 Å². The average molecular weight is 270 g/mol. The maximum atomic E-state index is 11.2. The van der Waals surface area contributed by atoms with Crippen molar-refractivity contribution in [2.24, 2.45) is 0 Å². The lowest BCUT2D eigenvalue weighted by atomic mass is 10.2. The van der Waals surface area contributed by atoms with Crippen molar-refractivity contribution in [2.45, 2.75) is 38.4 Å². The van der Waals surface area contributed by atoms with Gasteiger partial charge in [0, 0.05) is 18.0 Å². The smallest absolute Gasteiger partial charge is 0.320 e. The lowest BCUT2D eigenvalue weighted by molar-refractivity contribution is -0.143. The molecular formula is C16H18N2O2. The Hall–Kier alpha value is -1.94. The van der Waals surface area contributed by atoms with Gasteiger partial charge in [0.25, 0.3) is 0 Å². The number of hydrogen-bond acceptors (Lipinski definition) is 3. The molecular weight excluding hydrogens is 252 g/mol. The monoisotopic (exact) mass is 270 g/mol. The minimum Gasteiger partial charge on any atom is -0.480 e. The average Bonchev–Trinajstić information content (AvgIpc) is 3.28. The molecule has 0 saturated heterocycles. The van der Waals surface area contributed by atoms with E-state index < -0.39 is 12.0 Å². The Kier molecular flexibility index (Phi) is 3.40. The molecule has 0 amide bonds. The highest BCUT2D eigenvalue weighted by Gasteiger charge is 2.35. The summed E-state index contributed by atoms with van der Waals surface area (Å²) in [7, 11) is 0. The number of benzene rings is 1. The Morgan fingerprint density at radius 3 is 2.80 bits per heavy atom. The molecule has 1 fully saturated rings. The first kappa shape index (κ1) is 13.1. The van der Waals surface area contributed by atoms with E-state index in [4.69, 9.17) is 0 Å². The van der Waals surface area contributed by atoms with Crippen LogP contribution in [0.5, 0.6) is 0 Å². The summed E-state index contributed by atoms with van der Waals surface area (Å²) in [5.74, 6) is -0.766. The SMILES string of the molecule is CC(C(=O)O)N(Cc1ccc2ccccc2n1)C1CC1. The summed E-state index contributed by atoms with van der Waals surface area (Å²) in [6.07, 6.45) is 2.18. The van der Waals surface area contributed by atoms with Gasteiger partial charge in [0.1, 0.15) is 6.04 Å². The minimum atomic E-state index is -0.766. The van der Waals surface area contributed by atoms with Gasteiger partial charge in [-0.15, -0.1) is 0 Å². The summed E-state index contributed by atoms with van der Waals surface area (Å²) in [6, 6.07) is 12.0. The van der Waals surface area contributed by atoms with Crippen molar-refractivity contribution in [2.75, 3.05) is 0 Å². The van der Waals surface area contributed by atoms with Crippen molar-refractivity contribution in [1.29, 1.82) is 0 Å². The Bertz CT molecular complexity index is 637. The molecule has 1 aromatic heterocycles. The Morgan fingerprint density at radius 2 is 2.10 bits per heavy atom. The summed E-state index contributed by atoms with van der Waals surface area (Å²) in [6.45, 7) is 2.35. The van der Waals surface area contributed by atoms with Crippen LogP contribution in [0.4, 0.5) is 0 Å². The lowest BCUT2D eigenvalue weighted by Crippen LogP contribution is -2.40. The molecule has 1 unspecified atom stereocenters. The standard InChI is InChI=1S/C16H18N2O2/c1-11(16(19)20)18(14-8-9-14)10-13-7-6-12-4-2-3-5-15(12)17-13/h2-7,11,14H,8-10H2,1H3,(H,19,20). The van der Waals surface area contributed by atoms with E-state index in [1.165, 1.54) is 0 Å². The molecule has 1 aromatic carbocycles. The van der Waals surface area contributed by atoms with Gasteiger partial charge in [-0.1, -0.05) is 24.3 Å². The molecule has 1 saturated carbocycles. The highest BCUT2D eigenvalue weighted by atomic mass is 16.4. The maximum absolute atomic E-state index is 11.2. The van der Waals surface area contributed by atoms with E-state index in [-0.39, 0.29) is 0 Å². The number of nitrogens with zero attached hydrogens (tertiary/aromatic N) is 2. The summed E-state index contributed by atoms with van der Waals surface area (Å²) < 4.78 is 0. The van der Waals surface area contributed by atoms with Crippen LogP contribution in [0.15, 0.2) is 36.4 Å². The van der Waals surface area contributed by atoms with E-state index in [9.17, 15) is 9.90 Å². The molecule has 3 rings (SSSR count). The summed E-state index contributed by atoms with van der Waals surface area (Å²) in [5.41, 5.74) is 1.90. The number of carboxylic acids is 1. The van der Waals surface area contributed by atoms with Crippen LogP contribution in [0, 0.1) is 0 Å². The van der Waals surface area contributed by atoms with Gasteiger partial charge in [0.15, 0.2) is 0 Å². The van der Waals surface area contributed by atoms with Crippen molar-refractivity contribution in [3.63, 3.8) is 0 Å². The van der Waals surface area contributed by atoms with Crippen LogP contribution in [0.1, 0.15) is 25.5 Å². The highest BCUT2D eigenvalue weighted by Crippen LogP contribution is 2.30. The van der Waals surface area contributed by atoms with Crippen LogP contribution < -0.4 is 0 Å². The molecule has 20 heavy (non-hydrogen) atoms. The van der Waals surface area contributed by atoms with Gasteiger partial charge in [0.05, 0.1) is 11.2 Å². The number of aromatic nitrogens is 1. The van der Waals surface area contributed by atoms with E-state index in [2.05, 4.69) is 4.98 Å². The second-order valence-corrected chi connectivity index (χ2v) is 5.41. The predicted molar refractivity (Wildman–Crippen MR) is 77.4 cm³/mol. The molecule has 1 aliphatic rings. The number of hydrogen-bond donors (Lipinski definition) is 1. The van der Waals surface area contributed by atoms with Gasteiger partial charge >= 0.3 is 5.97 Å². The van der Waals surface area contributed by atoms with Gasteiger partial charge < -0.3 is 5.11 Å². The number of pyridine rings is 1. The Labute approximate surface area is 118 Å². The van der Waals surface area contributed by atoms with Crippen LogP contribution in [0.3, 0.4) is 0 Å². The largest absolute Gasteiger partial charge is 0.480 e. The molecule has 0 bridgehead atoms. The van der Waals surface area contributed by atoms with Crippen LogP contribution in [-0.4, -0.2) is 33.0 Å². The molecule has 0 aliphatic heterocycles. The fraction of sp³-hybridized carbons (Fsp3) is 0.375. The van der Waals surface area contributed by atoms with Crippen molar-refractivity contribution in [3.05, 3.63) is 42.1 Å². The maximum Gasteiger partial charge on any atom is 0.320 e. The zero-order chi connectivity index (χ0) is 14.1. The molecule has 0 spiro atoms. The molecule has 2 aromatic rings. The van der Waals surface area contributed by atoms with E-state index in [1.54, 1.807) is 6.92 Å². The second kappa shape index (κ2) is 5.21. The first-order chi connectivity index (χ1) is 9.65. The molecule has 104 valence electrons. The van der Waals surface area contributed by atoms with Crippen molar-refractivity contribution >= 4 is 16.9 Å². The van der Waals surface area contributed by atoms with E-state index in [0.717, 1.165) is 29.4 Å². The quantitative estimate of drug-likeness (QED) is 0.907. The number of carboxylic acid groups (broad SMARTS) is 1. The third-order valence-electron chi connectivity index (χ3n) is 3.87. The van der Waals surface area contributed by atoms with Gasteiger partial charge in [-0.2, -0.15) is 0 Å². The first-order valence-corrected chi connectivity index (χ1v) is 6.98. The summed E-state index contributed by atoms with van der Waals surface area (Å²) in [4.78, 5) is 17.9. The fourth-order valence-corrected chi connectivity index (χ4v) is 2.51. The Balaban J connectivity index is 1.84. The number of aliphatic carboxylic acids is 1. The minimum absolute atomic E-state index is 0.398. The first-order valence-electron chi connectivity index (χ1n) is 6.98. The topological polar surface area (TPSA) is 53.4 Å². The number of carbonyl (C=O) groups is 1. The van der Waals surface area contributed by atoms with Gasteiger partial charge in [-0.3, -0.25) is 14.7 Å². The molecule has 1 aliphatic carbocycles. The van der Waals surface area contributed by atoms with Gasteiger partial charge in [-0.05, 0) is 31.9 Å². The third-order valence-corrected chi connectivity index (χ3v) is 3.87. The second-order valence-electron chi connectivity index (χ2n) is 5.41. The predicted octanol–water partition coefficient (Wildman–Crippen LogP) is 2.67. The van der Waals surface area contributed by atoms with E-state index in [0.29, 0.717) is 12.6 Å². The van der Waals surface area contributed by atoms with E-state index >= 15 is 0 Å². The summed E-state index contributed by atoms with van der Waals surface area (Å²) in [5, 5.41) is 10.3. The number of para-hydroxylation sites is 1. The van der Waals surface area contributed by atoms with Crippen LogP contribution in [0.2, 0.25) is 0 Å². The molecule has 0 radical (unpaired) electrons. The normalized spacial score (nSPS) is 16.5. The van der Waals surface area contributed by atoms with Crippen LogP contribution in [-0.2, 0) is 11.3 Å². The molecule has 1 atom stereocenters. The van der Waals surface area contributed by atoms with Crippen molar-refractivity contribution < 1.29 is 9.90 Å². The summed E-state index contributed by atoms with van der Waals surface area (Å²) >= 11 is 0. The number of fused-ring (bicyclic) bond motifs is 1. The van der Waals surface area contributed by atoms with Crippen LogP contribution >= 0.6 is 0 Å². The van der Waals surface area contributed by atoms with E-state index in [1.807, 2.05) is 41.3 Å². The molecule has 1 heterocycles. The zero-order valence-electron chi connectivity index (χ0n) is 11.5. The molecule has 4 heteroatoms. The fourth-order valence-electron chi connectivity index (χ4n) is 2.51. The highest BCUT2D eigenvalue weighted by molar-refractivity contribution is 5.78. The lowest BCUT2D eigenvalue weighted by Gasteiger charge is -2.25. The third kappa shape index (κ3) is 2.65. The van der Waals surface area contributed by atoms with Crippen LogP contribution in [0.25, 0.3) is 10.9 Å². The number of rotatable bonds is 5. The Morgan fingerprint density at radius 1 is 1.35 bits per heavy atom. The van der Waals surface area contributed by atoms with Crippen molar-refractivity contribution in [1.82, 2.24) is 9.88 Å². The zero-order valence-corrected chi connectivity index (χ0v) is 11.5. The molecule has 1 N–H and O–H groups in total. The van der Waals surface area contributed by atoms with Crippen molar-refractivity contribution in [3.8, 4) is 0 Å².